The van der Waals surface area contributed by atoms with Gasteiger partial charge in [-0.05, 0) is 6.07 Å². The van der Waals surface area contributed by atoms with Crippen LogP contribution in [0.3, 0.4) is 0 Å². The summed E-state index contributed by atoms with van der Waals surface area (Å²) >= 11 is 0. The zero-order valence-electron chi connectivity index (χ0n) is 10.0. The summed E-state index contributed by atoms with van der Waals surface area (Å²) in [5.74, 6) is 1.63. The highest BCUT2D eigenvalue weighted by Gasteiger charge is 1.99. The quantitative estimate of drug-likeness (QED) is 0.802. The second-order valence-electron chi connectivity index (χ2n) is 3.70. The molecule has 17 heavy (non-hydrogen) atoms. The summed E-state index contributed by atoms with van der Waals surface area (Å²) in [6.45, 7) is 0.803. The second kappa shape index (κ2) is 5.29. The molecule has 2 aromatic heterocycles. The zero-order chi connectivity index (χ0) is 12.1. The number of anilines is 2. The largest absolute Gasteiger partial charge is 0.373 e. The molecule has 0 unspecified atom stereocenters. The van der Waals surface area contributed by atoms with Gasteiger partial charge in [-0.25, -0.2) is 9.97 Å². The molecule has 0 atom stereocenters. The summed E-state index contributed by atoms with van der Waals surface area (Å²) in [6, 6.07) is 3.89. The Bertz CT molecular complexity index is 478. The maximum absolute atomic E-state index is 4.31. The van der Waals surface area contributed by atoms with Crippen LogP contribution in [-0.4, -0.2) is 33.3 Å². The molecule has 6 heteroatoms. The Morgan fingerprint density at radius 1 is 1.29 bits per heavy atom. The van der Waals surface area contributed by atoms with Gasteiger partial charge in [0.15, 0.2) is 0 Å². The Kier molecular flexibility index (Phi) is 3.54. The summed E-state index contributed by atoms with van der Waals surface area (Å²) in [7, 11) is 3.75. The third-order valence-corrected chi connectivity index (χ3v) is 2.38. The standard InChI is InChI=1S/C11H16N6/c1-12-10-7-11(15-8-14-10)13-5-3-9-4-6-17(2)16-9/h4,6-8H,3,5H2,1-2H3,(H2,12,13,14,15). The third-order valence-electron chi connectivity index (χ3n) is 2.38. The van der Waals surface area contributed by atoms with E-state index in [4.69, 9.17) is 0 Å². The summed E-state index contributed by atoms with van der Waals surface area (Å²) in [4.78, 5) is 8.19. The first-order chi connectivity index (χ1) is 8.28. The van der Waals surface area contributed by atoms with Gasteiger partial charge >= 0.3 is 0 Å². The Morgan fingerprint density at radius 3 is 2.82 bits per heavy atom. The van der Waals surface area contributed by atoms with E-state index >= 15 is 0 Å². The van der Waals surface area contributed by atoms with Crippen LogP contribution in [0.5, 0.6) is 0 Å². The van der Waals surface area contributed by atoms with Crippen molar-refractivity contribution in [3.63, 3.8) is 0 Å². The van der Waals surface area contributed by atoms with Gasteiger partial charge < -0.3 is 10.6 Å². The van der Waals surface area contributed by atoms with E-state index in [1.165, 1.54) is 6.33 Å². The summed E-state index contributed by atoms with van der Waals surface area (Å²) in [5, 5.41) is 10.5. The highest BCUT2D eigenvalue weighted by molar-refractivity contribution is 5.45. The van der Waals surface area contributed by atoms with Crippen LogP contribution in [0.25, 0.3) is 0 Å². The minimum absolute atomic E-state index is 0.803. The Balaban J connectivity index is 1.85. The average molecular weight is 232 g/mol. The lowest BCUT2D eigenvalue weighted by atomic mass is 10.3. The number of rotatable bonds is 5. The third kappa shape index (κ3) is 3.17. The maximum Gasteiger partial charge on any atom is 0.131 e. The van der Waals surface area contributed by atoms with Crippen molar-refractivity contribution >= 4 is 11.6 Å². The molecule has 0 amide bonds. The number of hydrogen-bond acceptors (Lipinski definition) is 5. The number of hydrogen-bond donors (Lipinski definition) is 2. The fourth-order valence-electron chi connectivity index (χ4n) is 1.51. The van der Waals surface area contributed by atoms with Crippen LogP contribution < -0.4 is 10.6 Å². The van der Waals surface area contributed by atoms with Gasteiger partial charge in [0.25, 0.3) is 0 Å². The molecule has 0 saturated heterocycles. The summed E-state index contributed by atoms with van der Waals surface area (Å²) in [6.07, 6.45) is 4.35. The lowest BCUT2D eigenvalue weighted by molar-refractivity contribution is 0.742. The Labute approximate surface area is 100 Å². The molecule has 0 bridgehead atoms. The van der Waals surface area contributed by atoms with Crippen molar-refractivity contribution in [1.29, 1.82) is 0 Å². The van der Waals surface area contributed by atoms with Crippen LogP contribution in [-0.2, 0) is 13.5 Å². The topological polar surface area (TPSA) is 67.7 Å². The molecule has 2 aromatic rings. The van der Waals surface area contributed by atoms with Gasteiger partial charge in [-0.1, -0.05) is 0 Å². The van der Waals surface area contributed by atoms with Gasteiger partial charge in [-0.2, -0.15) is 5.10 Å². The van der Waals surface area contributed by atoms with E-state index in [2.05, 4.69) is 25.7 Å². The molecular formula is C11H16N6. The van der Waals surface area contributed by atoms with Gasteiger partial charge in [0, 0.05) is 39.3 Å². The fraction of sp³-hybridized carbons (Fsp3) is 0.364. The predicted molar refractivity (Wildman–Crippen MR) is 67.0 cm³/mol. The lowest BCUT2D eigenvalue weighted by Gasteiger charge is -2.05. The lowest BCUT2D eigenvalue weighted by Crippen LogP contribution is -2.07. The molecule has 0 saturated carbocycles. The monoisotopic (exact) mass is 232 g/mol. The molecule has 0 aliphatic rings. The molecule has 2 heterocycles. The first kappa shape index (κ1) is 11.4. The van der Waals surface area contributed by atoms with E-state index in [0.717, 1.165) is 30.3 Å². The maximum atomic E-state index is 4.31. The SMILES string of the molecule is CNc1cc(NCCc2ccn(C)n2)ncn1. The van der Waals surface area contributed by atoms with Gasteiger partial charge in [-0.15, -0.1) is 0 Å². The molecule has 2 rings (SSSR count). The van der Waals surface area contributed by atoms with Crippen molar-refractivity contribution in [3.8, 4) is 0 Å². The first-order valence-corrected chi connectivity index (χ1v) is 5.50. The summed E-state index contributed by atoms with van der Waals surface area (Å²) < 4.78 is 1.80. The number of aromatic nitrogens is 4. The van der Waals surface area contributed by atoms with Crippen molar-refractivity contribution < 1.29 is 0 Å². The van der Waals surface area contributed by atoms with Crippen LogP contribution in [0.2, 0.25) is 0 Å². The molecule has 90 valence electrons. The molecule has 6 nitrogen and oxygen atoms in total. The van der Waals surface area contributed by atoms with Crippen molar-refractivity contribution in [1.82, 2.24) is 19.7 Å². The van der Waals surface area contributed by atoms with E-state index in [0.29, 0.717) is 0 Å². The highest BCUT2D eigenvalue weighted by Crippen LogP contribution is 2.07. The van der Waals surface area contributed by atoms with Gasteiger partial charge in [0.1, 0.15) is 18.0 Å². The molecule has 0 aliphatic carbocycles. The van der Waals surface area contributed by atoms with Gasteiger partial charge in [-0.3, -0.25) is 4.68 Å². The normalized spacial score (nSPS) is 10.2. The minimum Gasteiger partial charge on any atom is -0.373 e. The van der Waals surface area contributed by atoms with Crippen LogP contribution in [0, 0.1) is 0 Å². The van der Waals surface area contributed by atoms with Crippen LogP contribution in [0.1, 0.15) is 5.69 Å². The predicted octanol–water partition coefficient (Wildman–Crippen LogP) is 0.906. The summed E-state index contributed by atoms with van der Waals surface area (Å²) in [5.41, 5.74) is 1.07. The van der Waals surface area contributed by atoms with Crippen LogP contribution >= 0.6 is 0 Å². The molecule has 0 spiro atoms. The smallest absolute Gasteiger partial charge is 0.131 e. The fourth-order valence-corrected chi connectivity index (χ4v) is 1.51. The number of nitrogens with one attached hydrogen (secondary N) is 2. The van der Waals surface area contributed by atoms with E-state index in [-0.39, 0.29) is 0 Å². The van der Waals surface area contributed by atoms with Gasteiger partial charge in [0.2, 0.25) is 0 Å². The van der Waals surface area contributed by atoms with Crippen molar-refractivity contribution in [3.05, 3.63) is 30.4 Å². The van der Waals surface area contributed by atoms with E-state index in [1.807, 2.05) is 32.4 Å². The van der Waals surface area contributed by atoms with E-state index in [1.54, 1.807) is 4.68 Å². The Hall–Kier alpha value is -2.11. The zero-order valence-corrected chi connectivity index (χ0v) is 10.0. The van der Waals surface area contributed by atoms with Crippen LogP contribution in [0.15, 0.2) is 24.7 Å². The molecular weight excluding hydrogens is 216 g/mol. The van der Waals surface area contributed by atoms with Crippen molar-refractivity contribution in [2.24, 2.45) is 7.05 Å². The van der Waals surface area contributed by atoms with E-state index < -0.39 is 0 Å². The van der Waals surface area contributed by atoms with Crippen molar-refractivity contribution in [2.45, 2.75) is 6.42 Å². The van der Waals surface area contributed by atoms with Crippen LogP contribution in [0.4, 0.5) is 11.6 Å². The highest BCUT2D eigenvalue weighted by atomic mass is 15.2. The first-order valence-electron chi connectivity index (χ1n) is 5.50. The number of aryl methyl sites for hydroxylation is 1. The molecule has 0 aliphatic heterocycles. The average Bonchev–Trinajstić information content (AvgIpc) is 2.75. The van der Waals surface area contributed by atoms with Crippen molar-refractivity contribution in [2.75, 3.05) is 24.2 Å². The van der Waals surface area contributed by atoms with E-state index in [9.17, 15) is 0 Å². The molecule has 2 N–H and O–H groups in total. The molecule has 0 fully saturated rings. The molecule has 0 radical (unpaired) electrons. The number of nitrogens with zero attached hydrogens (tertiary/aromatic N) is 4. The second-order valence-corrected chi connectivity index (χ2v) is 3.70. The van der Waals surface area contributed by atoms with Gasteiger partial charge in [0.05, 0.1) is 5.69 Å². The molecule has 0 aromatic carbocycles. The Morgan fingerprint density at radius 2 is 2.12 bits per heavy atom. The minimum atomic E-state index is 0.803.